The maximum Gasteiger partial charge on any atom is 0.0594 e. The maximum absolute atomic E-state index is 5.33. The lowest BCUT2D eigenvalue weighted by atomic mass is 10.1. The van der Waals surface area contributed by atoms with Crippen LogP contribution < -0.4 is 0 Å². The third kappa shape index (κ3) is 3.01. The van der Waals surface area contributed by atoms with Crippen molar-refractivity contribution in [3.05, 3.63) is 11.0 Å². The van der Waals surface area contributed by atoms with Crippen molar-refractivity contribution in [2.75, 3.05) is 32.8 Å². The number of nitrogens with zero attached hydrogens (tertiary/aromatic N) is 1. The first kappa shape index (κ1) is 10.5. The van der Waals surface area contributed by atoms with Crippen LogP contribution in [-0.2, 0) is 4.74 Å². The fourth-order valence-corrected chi connectivity index (χ4v) is 3.11. The van der Waals surface area contributed by atoms with Gasteiger partial charge in [-0.1, -0.05) is 5.57 Å². The predicted octanol–water partition coefficient (Wildman–Crippen LogP) is 2.12. The number of rotatable bonds is 3. The van der Waals surface area contributed by atoms with Gasteiger partial charge in [0, 0.05) is 18.3 Å². The van der Waals surface area contributed by atoms with Gasteiger partial charge >= 0.3 is 0 Å². The molecule has 0 aliphatic carbocycles. The molecule has 2 aliphatic rings. The van der Waals surface area contributed by atoms with Crippen LogP contribution in [-0.4, -0.2) is 43.0 Å². The average Bonchev–Trinajstić information content (AvgIpc) is 2.63. The van der Waals surface area contributed by atoms with E-state index in [0.29, 0.717) is 0 Å². The van der Waals surface area contributed by atoms with E-state index in [1.807, 2.05) is 11.8 Å². The van der Waals surface area contributed by atoms with Gasteiger partial charge in [0.05, 0.1) is 13.2 Å². The molecule has 2 aliphatic heterocycles. The molecule has 1 unspecified atom stereocenters. The number of thioether (sulfide) groups is 1. The summed E-state index contributed by atoms with van der Waals surface area (Å²) in [6, 6.07) is 0. The highest BCUT2D eigenvalue weighted by molar-refractivity contribution is 8.03. The molecule has 0 amide bonds. The van der Waals surface area contributed by atoms with Crippen LogP contribution in [0.1, 0.15) is 19.8 Å². The normalized spacial score (nSPS) is 29.2. The summed E-state index contributed by atoms with van der Waals surface area (Å²) in [4.78, 5) is 2.53. The molecule has 0 aromatic heterocycles. The van der Waals surface area contributed by atoms with Crippen molar-refractivity contribution in [2.45, 2.75) is 25.0 Å². The first-order chi connectivity index (χ1) is 6.84. The Morgan fingerprint density at radius 2 is 2.29 bits per heavy atom. The molecular formula is C11H19NOS. The molecule has 0 bridgehead atoms. The fraction of sp³-hybridized carbons (Fsp3) is 0.818. The van der Waals surface area contributed by atoms with E-state index in [9.17, 15) is 0 Å². The Hall–Kier alpha value is 0.01000. The first-order valence-electron chi connectivity index (χ1n) is 5.46. The Kier molecular flexibility index (Phi) is 3.90. The summed E-state index contributed by atoms with van der Waals surface area (Å²) in [6.45, 7) is 7.60. The summed E-state index contributed by atoms with van der Waals surface area (Å²) < 4.78 is 5.33. The third-order valence-electron chi connectivity index (χ3n) is 2.88. The number of hydrogen-bond donors (Lipinski definition) is 0. The molecule has 1 saturated heterocycles. The van der Waals surface area contributed by atoms with Gasteiger partial charge in [-0.05, 0) is 31.7 Å². The molecule has 2 rings (SSSR count). The van der Waals surface area contributed by atoms with Crippen LogP contribution in [0.3, 0.4) is 0 Å². The predicted molar refractivity (Wildman–Crippen MR) is 61.6 cm³/mol. The summed E-state index contributed by atoms with van der Waals surface area (Å²) in [6.07, 6.45) is 2.63. The topological polar surface area (TPSA) is 12.5 Å². The molecule has 0 aromatic rings. The third-order valence-corrected chi connectivity index (χ3v) is 4.21. The Morgan fingerprint density at radius 3 is 2.93 bits per heavy atom. The molecule has 14 heavy (non-hydrogen) atoms. The number of ether oxygens (including phenoxy) is 1. The molecule has 0 N–H and O–H groups in total. The van der Waals surface area contributed by atoms with E-state index in [4.69, 9.17) is 4.74 Å². The highest BCUT2D eigenvalue weighted by Gasteiger charge is 2.17. The molecule has 1 atom stereocenters. The summed E-state index contributed by atoms with van der Waals surface area (Å²) in [5.41, 5.74) is 1.56. The molecule has 2 heterocycles. The zero-order valence-electron chi connectivity index (χ0n) is 8.87. The Morgan fingerprint density at radius 1 is 1.50 bits per heavy atom. The van der Waals surface area contributed by atoms with Crippen LogP contribution in [0.2, 0.25) is 0 Å². The molecule has 0 radical (unpaired) electrons. The van der Waals surface area contributed by atoms with Gasteiger partial charge in [0.25, 0.3) is 0 Å². The minimum absolute atomic E-state index is 0.845. The monoisotopic (exact) mass is 213 g/mol. The molecule has 1 fully saturated rings. The second-order valence-corrected chi connectivity index (χ2v) is 5.34. The van der Waals surface area contributed by atoms with E-state index in [1.165, 1.54) is 19.4 Å². The van der Waals surface area contributed by atoms with E-state index >= 15 is 0 Å². The zero-order valence-corrected chi connectivity index (χ0v) is 9.68. The van der Waals surface area contributed by atoms with Crippen molar-refractivity contribution in [3.63, 3.8) is 0 Å². The molecule has 2 nitrogen and oxygen atoms in total. The van der Waals surface area contributed by atoms with Crippen molar-refractivity contribution >= 4 is 11.8 Å². The lowest BCUT2D eigenvalue weighted by Gasteiger charge is -2.27. The molecule has 0 spiro atoms. The smallest absolute Gasteiger partial charge is 0.0594 e. The van der Waals surface area contributed by atoms with Gasteiger partial charge < -0.3 is 4.74 Å². The Balaban J connectivity index is 1.62. The Bertz CT molecular complexity index is 209. The molecule has 3 heteroatoms. The fourth-order valence-electron chi connectivity index (χ4n) is 1.99. The summed E-state index contributed by atoms with van der Waals surface area (Å²) >= 11 is 2.02. The SMILES string of the molecule is CC1=CSC(CCN2CCOCC2)C1. The average molecular weight is 213 g/mol. The van der Waals surface area contributed by atoms with Gasteiger partial charge in [0.15, 0.2) is 0 Å². The molecule has 80 valence electrons. The van der Waals surface area contributed by atoms with Crippen LogP contribution in [0.4, 0.5) is 0 Å². The molecule has 0 saturated carbocycles. The van der Waals surface area contributed by atoms with Crippen LogP contribution in [0.15, 0.2) is 11.0 Å². The lowest BCUT2D eigenvalue weighted by molar-refractivity contribution is 0.0374. The van der Waals surface area contributed by atoms with Crippen molar-refractivity contribution in [1.29, 1.82) is 0 Å². The summed E-state index contributed by atoms with van der Waals surface area (Å²) in [5, 5.41) is 3.17. The van der Waals surface area contributed by atoms with E-state index in [0.717, 1.165) is 31.6 Å². The Labute approximate surface area is 90.7 Å². The van der Waals surface area contributed by atoms with E-state index in [2.05, 4.69) is 17.2 Å². The van der Waals surface area contributed by atoms with Crippen molar-refractivity contribution in [1.82, 2.24) is 4.90 Å². The van der Waals surface area contributed by atoms with Crippen LogP contribution in [0, 0.1) is 0 Å². The highest BCUT2D eigenvalue weighted by Crippen LogP contribution is 2.31. The van der Waals surface area contributed by atoms with Crippen LogP contribution in [0.25, 0.3) is 0 Å². The lowest BCUT2D eigenvalue weighted by Crippen LogP contribution is -2.37. The summed E-state index contributed by atoms with van der Waals surface area (Å²) in [5.74, 6) is 0. The largest absolute Gasteiger partial charge is 0.379 e. The molecule has 0 aromatic carbocycles. The first-order valence-corrected chi connectivity index (χ1v) is 6.40. The number of allylic oxidation sites excluding steroid dienone is 1. The van der Waals surface area contributed by atoms with Crippen molar-refractivity contribution < 1.29 is 4.74 Å². The second kappa shape index (κ2) is 5.19. The number of morpholine rings is 1. The van der Waals surface area contributed by atoms with Gasteiger partial charge in [-0.15, -0.1) is 11.8 Å². The van der Waals surface area contributed by atoms with Gasteiger partial charge in [-0.25, -0.2) is 0 Å². The molecular weight excluding hydrogens is 194 g/mol. The quantitative estimate of drug-likeness (QED) is 0.712. The van der Waals surface area contributed by atoms with E-state index in [-0.39, 0.29) is 0 Å². The summed E-state index contributed by atoms with van der Waals surface area (Å²) in [7, 11) is 0. The standard InChI is InChI=1S/C11H19NOS/c1-10-8-11(14-9-10)2-3-12-4-6-13-7-5-12/h9,11H,2-8H2,1H3. The van der Waals surface area contributed by atoms with Gasteiger partial charge in [-0.3, -0.25) is 4.90 Å². The van der Waals surface area contributed by atoms with E-state index in [1.54, 1.807) is 5.57 Å². The maximum atomic E-state index is 5.33. The van der Waals surface area contributed by atoms with Gasteiger partial charge in [0.1, 0.15) is 0 Å². The number of hydrogen-bond acceptors (Lipinski definition) is 3. The second-order valence-electron chi connectivity index (χ2n) is 4.17. The highest BCUT2D eigenvalue weighted by atomic mass is 32.2. The van der Waals surface area contributed by atoms with Crippen LogP contribution in [0.5, 0.6) is 0 Å². The van der Waals surface area contributed by atoms with E-state index < -0.39 is 0 Å². The van der Waals surface area contributed by atoms with Gasteiger partial charge in [-0.2, -0.15) is 0 Å². The van der Waals surface area contributed by atoms with Gasteiger partial charge in [0.2, 0.25) is 0 Å². The van der Waals surface area contributed by atoms with Crippen molar-refractivity contribution in [3.8, 4) is 0 Å². The minimum atomic E-state index is 0.845. The van der Waals surface area contributed by atoms with Crippen LogP contribution >= 0.6 is 11.8 Å². The van der Waals surface area contributed by atoms with Crippen molar-refractivity contribution in [2.24, 2.45) is 0 Å². The minimum Gasteiger partial charge on any atom is -0.379 e. The zero-order chi connectivity index (χ0) is 9.80.